The lowest BCUT2D eigenvalue weighted by Crippen LogP contribution is -2.56. The van der Waals surface area contributed by atoms with Crippen LogP contribution in [0, 0.1) is 11.7 Å². The first-order valence-electron chi connectivity index (χ1n) is 7.86. The van der Waals surface area contributed by atoms with Gasteiger partial charge in [-0.3, -0.25) is 9.59 Å². The number of halogens is 1. The number of carbonyl (C=O) groups is 3. The highest BCUT2D eigenvalue weighted by molar-refractivity contribution is 7.97. The van der Waals surface area contributed by atoms with E-state index in [4.69, 9.17) is 4.74 Å². The first kappa shape index (κ1) is 19.2. The van der Waals surface area contributed by atoms with Crippen LogP contribution < -0.4 is 10.6 Å². The zero-order valence-electron chi connectivity index (χ0n) is 13.7. The summed E-state index contributed by atoms with van der Waals surface area (Å²) in [5.74, 6) is -1.44. The summed E-state index contributed by atoms with van der Waals surface area (Å²) in [6.07, 6.45) is 0.457. The smallest absolute Gasteiger partial charge is 0.330 e. The molecule has 25 heavy (non-hydrogen) atoms. The largest absolute Gasteiger partial charge is 0.464 e. The molecule has 2 rings (SSSR count). The molecule has 1 atom stereocenters. The summed E-state index contributed by atoms with van der Waals surface area (Å²) < 4.78 is 20.0. The molecule has 1 aromatic carbocycles. The molecule has 1 fully saturated rings. The maximum Gasteiger partial charge on any atom is 0.330 e. The monoisotopic (exact) mass is 369 g/mol. The highest BCUT2D eigenvalue weighted by Gasteiger charge is 2.35. The molecule has 1 aliphatic rings. The Morgan fingerprint density at radius 3 is 2.88 bits per heavy atom. The number of amides is 2. The van der Waals surface area contributed by atoms with Crippen LogP contribution >= 0.6 is 11.9 Å². The number of rotatable bonds is 9. The Bertz CT molecular complexity index is 625. The zero-order valence-corrected chi connectivity index (χ0v) is 14.6. The maximum atomic E-state index is 13.2. The third-order valence-corrected chi connectivity index (χ3v) is 4.56. The molecule has 136 valence electrons. The Hall–Kier alpha value is -2.13. The van der Waals surface area contributed by atoms with Gasteiger partial charge < -0.3 is 15.4 Å². The summed E-state index contributed by atoms with van der Waals surface area (Å²) in [5.41, 5.74) is 0. The van der Waals surface area contributed by atoms with Gasteiger partial charge in [0.2, 0.25) is 12.3 Å². The van der Waals surface area contributed by atoms with Crippen LogP contribution in [0.5, 0.6) is 0 Å². The number of nitrogens with one attached hydrogen (secondary N) is 2. The topological polar surface area (TPSA) is 87.7 Å². The van der Waals surface area contributed by atoms with Gasteiger partial charge in [-0.15, -0.1) is 0 Å². The number of benzene rings is 1. The number of ether oxygens (including phenoxy) is 1. The van der Waals surface area contributed by atoms with Crippen LogP contribution in [-0.4, -0.2) is 54.9 Å². The lowest BCUT2D eigenvalue weighted by atomic mass is 10.0. The van der Waals surface area contributed by atoms with Crippen molar-refractivity contribution in [3.05, 3.63) is 30.1 Å². The van der Waals surface area contributed by atoms with Crippen molar-refractivity contribution >= 4 is 30.2 Å². The number of hydrogen-bond acceptors (Lipinski definition) is 6. The van der Waals surface area contributed by atoms with Crippen LogP contribution in [0.2, 0.25) is 0 Å². The molecular formula is C16H20FN3O4S. The first-order chi connectivity index (χ1) is 12.0. The van der Waals surface area contributed by atoms with Gasteiger partial charge in [-0.05, 0) is 37.1 Å². The van der Waals surface area contributed by atoms with Crippen LogP contribution in [0.4, 0.5) is 4.39 Å². The number of esters is 1. The van der Waals surface area contributed by atoms with Crippen molar-refractivity contribution in [1.82, 2.24) is 14.9 Å². The van der Waals surface area contributed by atoms with Crippen LogP contribution in [-0.2, 0) is 19.1 Å². The van der Waals surface area contributed by atoms with Gasteiger partial charge in [-0.25, -0.2) is 13.5 Å². The second kappa shape index (κ2) is 9.38. The third kappa shape index (κ3) is 5.71. The van der Waals surface area contributed by atoms with Crippen molar-refractivity contribution in [2.24, 2.45) is 5.92 Å². The molecule has 0 spiro atoms. The van der Waals surface area contributed by atoms with E-state index in [-0.39, 0.29) is 30.8 Å². The molecule has 7 nitrogen and oxygen atoms in total. The minimum absolute atomic E-state index is 0.0252. The molecule has 1 saturated heterocycles. The Morgan fingerprint density at radius 1 is 1.48 bits per heavy atom. The van der Waals surface area contributed by atoms with Crippen LogP contribution in [0.15, 0.2) is 29.2 Å². The van der Waals surface area contributed by atoms with E-state index in [0.29, 0.717) is 19.5 Å². The zero-order chi connectivity index (χ0) is 18.2. The van der Waals surface area contributed by atoms with Gasteiger partial charge in [0.05, 0.1) is 12.5 Å². The fourth-order valence-electron chi connectivity index (χ4n) is 2.24. The van der Waals surface area contributed by atoms with Crippen LogP contribution in [0.1, 0.15) is 6.92 Å². The summed E-state index contributed by atoms with van der Waals surface area (Å²) in [6.45, 7) is 2.81. The molecule has 0 bridgehead atoms. The highest BCUT2D eigenvalue weighted by atomic mass is 32.2. The molecule has 0 aromatic heterocycles. The van der Waals surface area contributed by atoms with Crippen molar-refractivity contribution in [3.63, 3.8) is 0 Å². The van der Waals surface area contributed by atoms with Crippen molar-refractivity contribution in [2.75, 3.05) is 26.2 Å². The second-order valence-corrected chi connectivity index (χ2v) is 6.60. The number of nitrogens with zero attached hydrogens (tertiary/aromatic N) is 1. The quantitative estimate of drug-likeness (QED) is 0.376. The summed E-state index contributed by atoms with van der Waals surface area (Å²) in [4.78, 5) is 35.2. The summed E-state index contributed by atoms with van der Waals surface area (Å²) in [7, 11) is 0. The molecular weight excluding hydrogens is 349 g/mol. The SMILES string of the molecule is CCOC(=O)C(CNC=O)NC(=O)C1CN(Sc2cccc(F)c2)C1. The van der Waals surface area contributed by atoms with E-state index in [2.05, 4.69) is 10.6 Å². The van der Waals surface area contributed by atoms with E-state index < -0.39 is 12.0 Å². The molecule has 2 amide bonds. The maximum absolute atomic E-state index is 13.2. The van der Waals surface area contributed by atoms with Crippen LogP contribution in [0.25, 0.3) is 0 Å². The summed E-state index contributed by atoms with van der Waals surface area (Å²) >= 11 is 1.38. The Kier molecular flexibility index (Phi) is 7.20. The van der Waals surface area contributed by atoms with Crippen molar-refractivity contribution in [2.45, 2.75) is 17.9 Å². The molecule has 9 heteroatoms. The van der Waals surface area contributed by atoms with Gasteiger partial charge in [0.1, 0.15) is 11.9 Å². The summed E-state index contributed by atoms with van der Waals surface area (Å²) in [6, 6.07) is 5.32. The van der Waals surface area contributed by atoms with Crippen LogP contribution in [0.3, 0.4) is 0 Å². The number of hydrogen-bond donors (Lipinski definition) is 2. The van der Waals surface area contributed by atoms with Gasteiger partial charge in [-0.2, -0.15) is 0 Å². The van der Waals surface area contributed by atoms with Gasteiger partial charge in [0.15, 0.2) is 0 Å². The normalized spacial score (nSPS) is 15.8. The first-order valence-corrected chi connectivity index (χ1v) is 8.63. The van der Waals surface area contributed by atoms with E-state index in [1.165, 1.54) is 24.1 Å². The predicted molar refractivity (Wildman–Crippen MR) is 90.0 cm³/mol. The average molecular weight is 369 g/mol. The van der Waals surface area contributed by atoms with E-state index in [1.807, 2.05) is 4.31 Å². The van der Waals surface area contributed by atoms with Gasteiger partial charge in [-0.1, -0.05) is 6.07 Å². The van der Waals surface area contributed by atoms with Gasteiger partial charge in [0, 0.05) is 24.5 Å². The van der Waals surface area contributed by atoms with Gasteiger partial charge >= 0.3 is 5.97 Å². The molecule has 1 unspecified atom stereocenters. The molecule has 1 aliphatic heterocycles. The fraction of sp³-hybridized carbons (Fsp3) is 0.438. The molecule has 1 aromatic rings. The van der Waals surface area contributed by atoms with Crippen molar-refractivity contribution in [3.8, 4) is 0 Å². The average Bonchev–Trinajstić information content (AvgIpc) is 2.54. The van der Waals surface area contributed by atoms with E-state index >= 15 is 0 Å². The molecule has 0 saturated carbocycles. The molecule has 0 radical (unpaired) electrons. The highest BCUT2D eigenvalue weighted by Crippen LogP contribution is 2.30. The second-order valence-electron chi connectivity index (χ2n) is 5.43. The lowest BCUT2D eigenvalue weighted by Gasteiger charge is -2.37. The summed E-state index contributed by atoms with van der Waals surface area (Å²) in [5, 5.41) is 4.97. The minimum Gasteiger partial charge on any atom is -0.464 e. The Balaban J connectivity index is 1.80. The predicted octanol–water partition coefficient (Wildman–Crippen LogP) is 0.558. The van der Waals surface area contributed by atoms with Crippen molar-refractivity contribution < 1.29 is 23.5 Å². The number of carbonyl (C=O) groups excluding carboxylic acids is 3. The molecule has 2 N–H and O–H groups in total. The van der Waals surface area contributed by atoms with E-state index in [1.54, 1.807) is 19.1 Å². The van der Waals surface area contributed by atoms with Crippen molar-refractivity contribution in [1.29, 1.82) is 0 Å². The molecule has 0 aliphatic carbocycles. The van der Waals surface area contributed by atoms with Gasteiger partial charge in [0.25, 0.3) is 0 Å². The molecule has 1 heterocycles. The Labute approximate surface area is 149 Å². The standard InChI is InChI=1S/C16H20FN3O4S/c1-2-24-16(23)14(7-18-10-21)19-15(22)11-8-20(9-11)25-13-5-3-4-12(17)6-13/h3-6,10-11,14H,2,7-9H2,1H3,(H,18,21)(H,19,22). The Morgan fingerprint density at radius 2 is 2.24 bits per heavy atom. The fourth-order valence-corrected chi connectivity index (χ4v) is 3.35. The lowest BCUT2D eigenvalue weighted by molar-refractivity contribution is -0.148. The van der Waals surface area contributed by atoms with E-state index in [9.17, 15) is 18.8 Å². The third-order valence-electron chi connectivity index (χ3n) is 3.54. The van der Waals surface area contributed by atoms with E-state index in [0.717, 1.165) is 4.90 Å². The minimum atomic E-state index is -0.914.